The van der Waals surface area contributed by atoms with Crippen LogP contribution in [0, 0.1) is 0 Å². The van der Waals surface area contributed by atoms with Gasteiger partial charge in [-0.3, -0.25) is 4.55 Å². The third kappa shape index (κ3) is 6.63. The van der Waals surface area contributed by atoms with Crippen LogP contribution in [0.2, 0.25) is 0 Å². The average molecular weight is 326 g/mol. The van der Waals surface area contributed by atoms with Gasteiger partial charge in [0, 0.05) is 25.6 Å². The van der Waals surface area contributed by atoms with E-state index >= 15 is 0 Å². The van der Waals surface area contributed by atoms with Crippen molar-refractivity contribution >= 4 is 29.1 Å². The maximum absolute atomic E-state index is 11.1. The lowest BCUT2D eigenvalue weighted by Gasteiger charge is -2.23. The Morgan fingerprint density at radius 3 is 2.17 bits per heavy atom. The van der Waals surface area contributed by atoms with Crippen molar-refractivity contribution in [2.24, 2.45) is 0 Å². The van der Waals surface area contributed by atoms with E-state index in [2.05, 4.69) is 12.2 Å². The van der Waals surface area contributed by atoms with E-state index < -0.39 is 29.1 Å². The van der Waals surface area contributed by atoms with Crippen LogP contribution in [0.5, 0.6) is 0 Å². The van der Waals surface area contributed by atoms with Crippen LogP contribution in [0.15, 0.2) is 0 Å². The van der Waals surface area contributed by atoms with Crippen molar-refractivity contribution in [3.05, 3.63) is 0 Å². The summed E-state index contributed by atoms with van der Waals surface area (Å²) >= 11 is 0. The maximum Gasteiger partial charge on any atom is 0.736 e. The molecule has 0 aromatic carbocycles. The molecule has 11 nitrogen and oxygen atoms in total. The Labute approximate surface area is 104 Å². The van der Waals surface area contributed by atoms with Gasteiger partial charge < -0.3 is 4.74 Å². The first-order valence-electron chi connectivity index (χ1n) is 4.29. The van der Waals surface area contributed by atoms with E-state index in [1.165, 1.54) is 0 Å². The van der Waals surface area contributed by atoms with Crippen molar-refractivity contribution in [2.45, 2.75) is 0 Å². The predicted octanol–water partition coefficient (Wildman–Crippen LogP) is -1.01. The first kappa shape index (κ1) is 15.8. The molecule has 1 fully saturated rings. The molecule has 0 radical (unpaired) electrons. The number of morpholine rings is 1. The van der Waals surface area contributed by atoms with Crippen molar-refractivity contribution < 1.29 is 42.9 Å². The van der Waals surface area contributed by atoms with Crippen LogP contribution in [0.1, 0.15) is 0 Å². The highest BCUT2D eigenvalue weighted by Crippen LogP contribution is 2.29. The number of hydrogen-bond acceptors (Lipinski definition) is 10. The topological polar surface area (TPSA) is 146 Å². The summed E-state index contributed by atoms with van der Waals surface area (Å²) in [6.45, 7) is 0.698. The van der Waals surface area contributed by atoms with Gasteiger partial charge in [0.25, 0.3) is 0 Å². The molecule has 1 saturated heterocycles. The van der Waals surface area contributed by atoms with Crippen molar-refractivity contribution in [2.75, 3.05) is 26.3 Å². The van der Waals surface area contributed by atoms with Crippen molar-refractivity contribution in [3.63, 3.8) is 0 Å². The molecular weight excluding hydrogens is 317 g/mol. The molecule has 106 valence electrons. The van der Waals surface area contributed by atoms with Gasteiger partial charge >= 0.3 is 29.1 Å². The largest absolute Gasteiger partial charge is 0.736 e. The zero-order chi connectivity index (χ0) is 13.8. The number of hydrogen-bond donors (Lipinski definition) is 1. The normalized spacial score (nSPS) is 19.7. The Bertz CT molecular complexity index is 492. The molecule has 0 aliphatic carbocycles. The van der Waals surface area contributed by atoms with Crippen LogP contribution in [-0.2, 0) is 42.3 Å². The van der Waals surface area contributed by atoms with Gasteiger partial charge in [-0.25, -0.2) is 0 Å². The standard InChI is InChI=1S/C4H8NO10PS2/c6-16(14-17(7,8)9)15-18(10,11)13-5-1-3-12-4-2-5/h1-4H2/p+1. The Morgan fingerprint density at radius 1 is 1.11 bits per heavy atom. The highest BCUT2D eigenvalue weighted by molar-refractivity contribution is 7.88. The van der Waals surface area contributed by atoms with E-state index in [4.69, 9.17) is 9.29 Å². The van der Waals surface area contributed by atoms with E-state index in [1.54, 1.807) is 0 Å². The maximum atomic E-state index is 11.1. The van der Waals surface area contributed by atoms with Gasteiger partial charge in [0.05, 0.1) is 13.2 Å². The molecule has 1 aliphatic heterocycles. The SMILES string of the molecule is O=[P+](OS(=O)(=O)O)OS(=O)(=O)ON1CCOCC1. The minimum Gasteiger partial charge on any atom is -0.379 e. The molecule has 0 aromatic heterocycles. The molecule has 0 bridgehead atoms. The second-order valence-electron chi connectivity index (χ2n) is 2.82. The van der Waals surface area contributed by atoms with Gasteiger partial charge in [-0.05, 0) is 0 Å². The number of nitrogens with zero attached hydrogens (tertiary/aromatic N) is 1. The lowest BCUT2D eigenvalue weighted by Crippen LogP contribution is -2.38. The smallest absolute Gasteiger partial charge is 0.379 e. The lowest BCUT2D eigenvalue weighted by atomic mass is 10.5. The van der Waals surface area contributed by atoms with Crippen molar-refractivity contribution in [3.8, 4) is 0 Å². The number of rotatable bonds is 6. The van der Waals surface area contributed by atoms with Gasteiger partial charge in [0.15, 0.2) is 0 Å². The molecule has 0 saturated carbocycles. The summed E-state index contributed by atoms with van der Waals surface area (Å²) in [5, 5.41) is 0.954. The van der Waals surface area contributed by atoms with Gasteiger partial charge in [0.1, 0.15) is 0 Å². The predicted molar refractivity (Wildman–Crippen MR) is 53.7 cm³/mol. The van der Waals surface area contributed by atoms with Crippen LogP contribution in [0.25, 0.3) is 0 Å². The van der Waals surface area contributed by atoms with Crippen LogP contribution in [0.3, 0.4) is 0 Å². The van der Waals surface area contributed by atoms with E-state index in [0.717, 1.165) is 5.06 Å². The van der Waals surface area contributed by atoms with E-state index in [-0.39, 0.29) is 26.3 Å². The van der Waals surface area contributed by atoms with E-state index in [0.29, 0.717) is 0 Å². The molecule has 14 heteroatoms. The van der Waals surface area contributed by atoms with Gasteiger partial charge in [0.2, 0.25) is 0 Å². The minimum absolute atomic E-state index is 0.124. The average Bonchev–Trinajstić information content (AvgIpc) is 2.13. The highest BCUT2D eigenvalue weighted by Gasteiger charge is 2.39. The zero-order valence-electron chi connectivity index (χ0n) is 8.66. The highest BCUT2D eigenvalue weighted by atomic mass is 32.3. The second-order valence-corrected chi connectivity index (χ2v) is 6.29. The summed E-state index contributed by atoms with van der Waals surface area (Å²) in [6.07, 6.45) is 0. The van der Waals surface area contributed by atoms with E-state index in [9.17, 15) is 21.4 Å². The molecule has 0 aromatic rings. The fraction of sp³-hybridized carbons (Fsp3) is 1.00. The zero-order valence-corrected chi connectivity index (χ0v) is 11.2. The molecule has 18 heavy (non-hydrogen) atoms. The summed E-state index contributed by atoms with van der Waals surface area (Å²) in [4.78, 5) is 0. The summed E-state index contributed by atoms with van der Waals surface area (Å²) in [6, 6.07) is 0. The Kier molecular flexibility index (Phi) is 5.51. The third-order valence-corrected chi connectivity index (χ3v) is 4.32. The molecule has 1 heterocycles. The third-order valence-electron chi connectivity index (χ3n) is 1.47. The van der Waals surface area contributed by atoms with E-state index in [1.807, 2.05) is 0 Å². The minimum atomic E-state index is -5.09. The second kappa shape index (κ2) is 6.27. The van der Waals surface area contributed by atoms with Crippen LogP contribution < -0.4 is 0 Å². The van der Waals surface area contributed by atoms with Crippen LogP contribution >= 0.6 is 8.25 Å². The first-order chi connectivity index (χ1) is 8.18. The van der Waals surface area contributed by atoms with Gasteiger partial charge in [-0.1, -0.05) is 0 Å². The monoisotopic (exact) mass is 326 g/mol. The fourth-order valence-electron chi connectivity index (χ4n) is 0.928. The summed E-state index contributed by atoms with van der Waals surface area (Å²) in [7, 11) is -13.5. The molecule has 1 aliphatic rings. The summed E-state index contributed by atoms with van der Waals surface area (Å²) in [5.74, 6) is 0. The number of ether oxygens (including phenoxy) is 1. The molecule has 0 amide bonds. The van der Waals surface area contributed by atoms with Crippen molar-refractivity contribution in [1.82, 2.24) is 5.06 Å². The molecular formula is C4H9NO10PS2+. The molecule has 1 rings (SSSR count). The molecule has 1 unspecified atom stereocenters. The van der Waals surface area contributed by atoms with Crippen LogP contribution in [0.4, 0.5) is 0 Å². The van der Waals surface area contributed by atoms with Crippen LogP contribution in [-0.4, -0.2) is 52.8 Å². The quantitative estimate of drug-likeness (QED) is 0.473. The molecule has 0 spiro atoms. The Morgan fingerprint density at radius 2 is 1.67 bits per heavy atom. The van der Waals surface area contributed by atoms with Gasteiger partial charge in [-0.2, -0.15) is 26.2 Å². The van der Waals surface area contributed by atoms with Gasteiger partial charge in [-0.15, -0.1) is 0 Å². The molecule has 1 atom stereocenters. The Hall–Kier alpha value is -0.240. The summed E-state index contributed by atoms with van der Waals surface area (Å²) < 4.78 is 77.8. The fourth-order valence-corrected chi connectivity index (χ4v) is 2.98. The Balaban J connectivity index is 2.51. The lowest BCUT2D eigenvalue weighted by molar-refractivity contribution is -0.118. The number of hydroxylamine groups is 2. The molecule has 1 N–H and O–H groups in total. The summed E-state index contributed by atoms with van der Waals surface area (Å²) in [5.41, 5.74) is 0. The van der Waals surface area contributed by atoms with Crippen molar-refractivity contribution in [1.29, 1.82) is 0 Å². The first-order valence-corrected chi connectivity index (χ1v) is 8.08.